The number of hydrogen-bond donors (Lipinski definition) is 1. The van der Waals surface area contributed by atoms with Crippen LogP contribution in [-0.2, 0) is 13.6 Å². The van der Waals surface area contributed by atoms with Crippen LogP contribution in [0.2, 0.25) is 0 Å². The minimum atomic E-state index is 0.692. The summed E-state index contributed by atoms with van der Waals surface area (Å²) in [4.78, 5) is 0. The van der Waals surface area contributed by atoms with E-state index in [1.165, 1.54) is 19.4 Å². The molecule has 1 N–H and O–H groups in total. The molecule has 66 valence electrons. The maximum Gasteiger partial charge on any atom is 0.243 e. The first kappa shape index (κ1) is 7.80. The number of aromatic nitrogens is 2. The second-order valence-corrected chi connectivity index (χ2v) is 3.57. The van der Waals surface area contributed by atoms with Gasteiger partial charge in [-0.25, -0.2) is 9.13 Å². The van der Waals surface area contributed by atoms with Gasteiger partial charge in [-0.05, 0) is 19.4 Å². The van der Waals surface area contributed by atoms with E-state index < -0.39 is 0 Å². The smallest absolute Gasteiger partial charge is 0.243 e. The first-order valence-corrected chi connectivity index (χ1v) is 4.59. The Bertz CT molecular complexity index is 248. The monoisotopic (exact) mass is 166 g/mol. The van der Waals surface area contributed by atoms with Gasteiger partial charge in [0, 0.05) is 6.04 Å². The average molecular weight is 166 g/mol. The number of rotatable bonds is 2. The van der Waals surface area contributed by atoms with Crippen LogP contribution in [0.25, 0.3) is 0 Å². The van der Waals surface area contributed by atoms with Crippen LogP contribution in [0.4, 0.5) is 0 Å². The topological polar surface area (TPSA) is 20.8 Å². The molecule has 12 heavy (non-hydrogen) atoms. The first-order chi connectivity index (χ1) is 5.84. The lowest BCUT2D eigenvalue weighted by molar-refractivity contribution is -0.671. The van der Waals surface area contributed by atoms with Gasteiger partial charge in [0.25, 0.3) is 0 Å². The molecule has 1 aromatic heterocycles. The van der Waals surface area contributed by atoms with Crippen molar-refractivity contribution < 1.29 is 4.57 Å². The standard InChI is InChI=1S/C9H16N3/c1-11-5-6-12(8-11)7-9-3-2-4-10-9/h5-6,8-10H,2-4,7H2,1H3/q+1/t9-/m0/s1. The van der Waals surface area contributed by atoms with Crippen molar-refractivity contribution in [1.82, 2.24) is 9.88 Å². The van der Waals surface area contributed by atoms with Gasteiger partial charge in [0.2, 0.25) is 6.33 Å². The second kappa shape index (κ2) is 3.27. The molecule has 0 saturated carbocycles. The van der Waals surface area contributed by atoms with Crippen LogP contribution in [0, 0.1) is 0 Å². The van der Waals surface area contributed by atoms with Gasteiger partial charge in [-0.15, -0.1) is 0 Å². The normalized spacial score (nSPS) is 23.2. The number of hydrogen-bond acceptors (Lipinski definition) is 1. The minimum absolute atomic E-state index is 0.692. The molecule has 1 aliphatic rings. The lowest BCUT2D eigenvalue weighted by Gasteiger charge is -2.05. The van der Waals surface area contributed by atoms with Crippen molar-refractivity contribution in [2.45, 2.75) is 25.4 Å². The molecule has 1 saturated heterocycles. The zero-order valence-corrected chi connectivity index (χ0v) is 7.53. The molecule has 0 bridgehead atoms. The molecular weight excluding hydrogens is 150 g/mol. The maximum atomic E-state index is 3.48. The number of imidazole rings is 1. The second-order valence-electron chi connectivity index (χ2n) is 3.57. The molecule has 3 heteroatoms. The van der Waals surface area contributed by atoms with E-state index in [0.717, 1.165) is 6.54 Å². The number of nitrogens with zero attached hydrogens (tertiary/aromatic N) is 2. The third-order valence-electron chi connectivity index (χ3n) is 2.42. The molecule has 0 spiro atoms. The average Bonchev–Trinajstić information content (AvgIpc) is 2.63. The fourth-order valence-electron chi connectivity index (χ4n) is 1.78. The first-order valence-electron chi connectivity index (χ1n) is 4.59. The molecule has 3 nitrogen and oxygen atoms in total. The predicted octanol–water partition coefficient (Wildman–Crippen LogP) is 0.0646. The minimum Gasteiger partial charge on any atom is -0.310 e. The van der Waals surface area contributed by atoms with E-state index in [1.54, 1.807) is 0 Å². The Balaban J connectivity index is 1.94. The molecule has 0 unspecified atom stereocenters. The van der Waals surface area contributed by atoms with Gasteiger partial charge in [-0.2, -0.15) is 0 Å². The zero-order valence-electron chi connectivity index (χ0n) is 7.53. The zero-order chi connectivity index (χ0) is 8.39. The lowest BCUT2D eigenvalue weighted by atomic mass is 10.2. The quantitative estimate of drug-likeness (QED) is 0.616. The van der Waals surface area contributed by atoms with Gasteiger partial charge < -0.3 is 5.32 Å². The van der Waals surface area contributed by atoms with E-state index in [2.05, 4.69) is 40.2 Å². The van der Waals surface area contributed by atoms with Crippen molar-refractivity contribution >= 4 is 0 Å². The summed E-state index contributed by atoms with van der Waals surface area (Å²) in [5, 5.41) is 3.48. The van der Waals surface area contributed by atoms with Gasteiger partial charge >= 0.3 is 0 Å². The van der Waals surface area contributed by atoms with Crippen LogP contribution in [0.15, 0.2) is 18.7 Å². The Kier molecular flexibility index (Phi) is 2.13. The Morgan fingerprint density at radius 1 is 1.67 bits per heavy atom. The fourth-order valence-corrected chi connectivity index (χ4v) is 1.78. The van der Waals surface area contributed by atoms with Crippen molar-refractivity contribution in [3.05, 3.63) is 18.7 Å². The molecular formula is C9H16N3+. The van der Waals surface area contributed by atoms with Crippen molar-refractivity contribution in [3.63, 3.8) is 0 Å². The molecule has 1 aromatic rings. The Morgan fingerprint density at radius 2 is 2.58 bits per heavy atom. The molecule has 0 aliphatic carbocycles. The van der Waals surface area contributed by atoms with Crippen molar-refractivity contribution in [3.8, 4) is 0 Å². The summed E-state index contributed by atoms with van der Waals surface area (Å²) < 4.78 is 4.32. The van der Waals surface area contributed by atoms with E-state index in [9.17, 15) is 0 Å². The van der Waals surface area contributed by atoms with Crippen LogP contribution in [0.3, 0.4) is 0 Å². The van der Waals surface area contributed by atoms with E-state index in [-0.39, 0.29) is 0 Å². The van der Waals surface area contributed by atoms with Crippen LogP contribution >= 0.6 is 0 Å². The SMILES string of the molecule is C[n+]1ccn(C[C@@H]2CCCN2)c1. The van der Waals surface area contributed by atoms with Crippen molar-refractivity contribution in [2.75, 3.05) is 6.54 Å². The summed E-state index contributed by atoms with van der Waals surface area (Å²) in [6.07, 6.45) is 8.98. The molecule has 0 aromatic carbocycles. The summed E-state index contributed by atoms with van der Waals surface area (Å²) in [6.45, 7) is 2.30. The van der Waals surface area contributed by atoms with Gasteiger partial charge in [0.15, 0.2) is 0 Å². The van der Waals surface area contributed by atoms with E-state index in [4.69, 9.17) is 0 Å². The summed E-state index contributed by atoms with van der Waals surface area (Å²) in [5.74, 6) is 0. The predicted molar refractivity (Wildman–Crippen MR) is 46.6 cm³/mol. The van der Waals surface area contributed by atoms with Crippen LogP contribution < -0.4 is 9.88 Å². The van der Waals surface area contributed by atoms with Gasteiger partial charge in [-0.1, -0.05) is 0 Å². The third-order valence-corrected chi connectivity index (χ3v) is 2.42. The van der Waals surface area contributed by atoms with Crippen LogP contribution in [-0.4, -0.2) is 17.2 Å². The highest BCUT2D eigenvalue weighted by atomic mass is 15.1. The van der Waals surface area contributed by atoms with Gasteiger partial charge in [0.05, 0.1) is 7.05 Å². The van der Waals surface area contributed by atoms with Crippen LogP contribution in [0.1, 0.15) is 12.8 Å². The van der Waals surface area contributed by atoms with E-state index >= 15 is 0 Å². The third kappa shape index (κ3) is 1.67. The Morgan fingerprint density at radius 3 is 3.17 bits per heavy atom. The van der Waals surface area contributed by atoms with E-state index in [0.29, 0.717) is 6.04 Å². The Labute approximate surface area is 73.0 Å². The lowest BCUT2D eigenvalue weighted by Crippen LogP contribution is -2.28. The molecule has 0 amide bonds. The molecule has 1 aliphatic heterocycles. The fraction of sp³-hybridized carbons (Fsp3) is 0.667. The summed E-state index contributed by atoms with van der Waals surface area (Å²) in [6, 6.07) is 0.692. The number of nitrogens with one attached hydrogen (secondary N) is 1. The largest absolute Gasteiger partial charge is 0.310 e. The molecule has 1 fully saturated rings. The maximum absolute atomic E-state index is 3.48. The molecule has 2 heterocycles. The highest BCUT2D eigenvalue weighted by molar-refractivity contribution is 4.77. The summed E-state index contributed by atoms with van der Waals surface area (Å²) in [5.41, 5.74) is 0. The van der Waals surface area contributed by atoms with Gasteiger partial charge in [0.1, 0.15) is 18.9 Å². The molecule has 0 radical (unpaired) electrons. The molecule has 2 rings (SSSR count). The molecule has 1 atom stereocenters. The Hall–Kier alpha value is -0.830. The highest BCUT2D eigenvalue weighted by Gasteiger charge is 2.16. The van der Waals surface area contributed by atoms with Crippen molar-refractivity contribution in [2.24, 2.45) is 7.05 Å². The van der Waals surface area contributed by atoms with Gasteiger partial charge in [-0.3, -0.25) is 0 Å². The highest BCUT2D eigenvalue weighted by Crippen LogP contribution is 2.06. The van der Waals surface area contributed by atoms with E-state index in [1.807, 2.05) is 0 Å². The summed E-state index contributed by atoms with van der Waals surface area (Å²) in [7, 11) is 2.05. The number of aryl methyl sites for hydroxylation is 1. The van der Waals surface area contributed by atoms with Crippen molar-refractivity contribution in [1.29, 1.82) is 0 Å². The summed E-state index contributed by atoms with van der Waals surface area (Å²) >= 11 is 0. The van der Waals surface area contributed by atoms with Crippen LogP contribution in [0.5, 0.6) is 0 Å².